The normalized spacial score (nSPS) is 10.5. The summed E-state index contributed by atoms with van der Waals surface area (Å²) in [4.78, 5) is 23.3. The van der Waals surface area contributed by atoms with Crippen LogP contribution in [0.1, 0.15) is 47.7 Å². The van der Waals surface area contributed by atoms with E-state index in [2.05, 4.69) is 36.0 Å². The third kappa shape index (κ3) is 6.77. The van der Waals surface area contributed by atoms with E-state index in [4.69, 9.17) is 4.74 Å². The van der Waals surface area contributed by atoms with Crippen LogP contribution in [0.3, 0.4) is 0 Å². The number of carbonyl (C=O) groups is 2. The summed E-state index contributed by atoms with van der Waals surface area (Å²) in [6.07, 6.45) is 1.01. The topological polar surface area (TPSA) is 64.6 Å². The highest BCUT2D eigenvalue weighted by Gasteiger charge is 2.06. The molecule has 0 unspecified atom stereocenters. The van der Waals surface area contributed by atoms with Crippen LogP contribution in [0.25, 0.3) is 0 Å². The number of methoxy groups -OCH3 is 1. The fraction of sp³-hybridized carbons (Fsp3) is 0.364. The molecule has 0 radical (unpaired) electrons. The van der Waals surface area contributed by atoms with E-state index in [0.29, 0.717) is 37.5 Å². The molecule has 0 heterocycles. The van der Waals surface area contributed by atoms with Gasteiger partial charge in [0.1, 0.15) is 12.4 Å². The molecule has 27 heavy (non-hydrogen) atoms. The molecule has 0 aliphatic heterocycles. The lowest BCUT2D eigenvalue weighted by molar-refractivity contribution is -0.121. The Hall–Kier alpha value is -2.82. The largest absolute Gasteiger partial charge is 0.492 e. The van der Waals surface area contributed by atoms with Crippen LogP contribution in [0.15, 0.2) is 48.5 Å². The Bertz CT molecular complexity index is 736. The molecule has 0 aliphatic rings. The van der Waals surface area contributed by atoms with Gasteiger partial charge in [-0.05, 0) is 47.7 Å². The van der Waals surface area contributed by atoms with Gasteiger partial charge in [0.25, 0.3) is 0 Å². The molecule has 2 aromatic rings. The van der Waals surface area contributed by atoms with Crippen LogP contribution in [0.2, 0.25) is 0 Å². The number of esters is 1. The first-order chi connectivity index (χ1) is 13.0. The molecule has 0 saturated heterocycles. The summed E-state index contributed by atoms with van der Waals surface area (Å²) in [5.41, 5.74) is 2.78. The van der Waals surface area contributed by atoms with Gasteiger partial charge in [-0.15, -0.1) is 0 Å². The van der Waals surface area contributed by atoms with Crippen molar-refractivity contribution in [3.05, 3.63) is 65.2 Å². The third-order valence-corrected chi connectivity index (χ3v) is 4.26. The van der Waals surface area contributed by atoms with Crippen molar-refractivity contribution in [3.8, 4) is 5.75 Å². The predicted octanol–water partition coefficient (Wildman–Crippen LogP) is 3.72. The molecule has 0 spiro atoms. The lowest BCUT2D eigenvalue weighted by atomic mass is 10.0. The van der Waals surface area contributed by atoms with E-state index in [1.54, 1.807) is 12.1 Å². The van der Waals surface area contributed by atoms with E-state index >= 15 is 0 Å². The van der Waals surface area contributed by atoms with Crippen LogP contribution in [-0.2, 0) is 16.0 Å². The molecular formula is C22H27NO4. The standard InChI is InChI=1S/C22H27NO4/c1-16(2)18-9-11-20(12-10-18)27-15-14-23-21(24)13-6-17-4-7-19(8-5-17)22(25)26-3/h4-5,7-12,16H,6,13-15H2,1-3H3,(H,23,24). The van der Waals surface area contributed by atoms with Gasteiger partial charge in [0.05, 0.1) is 19.2 Å². The number of benzene rings is 2. The molecule has 0 fully saturated rings. The second-order valence-corrected chi connectivity index (χ2v) is 6.61. The number of nitrogens with one attached hydrogen (secondary N) is 1. The van der Waals surface area contributed by atoms with Crippen molar-refractivity contribution in [2.75, 3.05) is 20.3 Å². The lowest BCUT2D eigenvalue weighted by Crippen LogP contribution is -2.28. The molecule has 5 heteroatoms. The second-order valence-electron chi connectivity index (χ2n) is 6.61. The lowest BCUT2D eigenvalue weighted by Gasteiger charge is -2.10. The minimum absolute atomic E-state index is 0.0224. The maximum Gasteiger partial charge on any atom is 0.337 e. The van der Waals surface area contributed by atoms with Gasteiger partial charge in [-0.2, -0.15) is 0 Å². The van der Waals surface area contributed by atoms with E-state index in [1.807, 2.05) is 24.3 Å². The van der Waals surface area contributed by atoms with Crippen molar-refractivity contribution in [3.63, 3.8) is 0 Å². The van der Waals surface area contributed by atoms with Gasteiger partial charge >= 0.3 is 5.97 Å². The van der Waals surface area contributed by atoms with Crippen LogP contribution in [0.5, 0.6) is 5.75 Å². The summed E-state index contributed by atoms with van der Waals surface area (Å²) in [5.74, 6) is 0.915. The molecule has 0 atom stereocenters. The second kappa shape index (κ2) is 10.4. The highest BCUT2D eigenvalue weighted by molar-refractivity contribution is 5.89. The monoisotopic (exact) mass is 369 g/mol. The highest BCUT2D eigenvalue weighted by Crippen LogP contribution is 2.18. The molecule has 1 amide bonds. The van der Waals surface area contributed by atoms with E-state index in [1.165, 1.54) is 12.7 Å². The van der Waals surface area contributed by atoms with Crippen molar-refractivity contribution < 1.29 is 19.1 Å². The van der Waals surface area contributed by atoms with Crippen molar-refractivity contribution in [2.24, 2.45) is 0 Å². The molecule has 0 aromatic heterocycles. The number of rotatable bonds is 9. The maximum absolute atomic E-state index is 11.9. The molecule has 144 valence electrons. The van der Waals surface area contributed by atoms with E-state index in [9.17, 15) is 9.59 Å². The number of hydrogen-bond acceptors (Lipinski definition) is 4. The number of ether oxygens (including phenoxy) is 2. The Morgan fingerprint density at radius 2 is 1.67 bits per heavy atom. The molecule has 2 aromatic carbocycles. The van der Waals surface area contributed by atoms with E-state index in [0.717, 1.165) is 11.3 Å². The third-order valence-electron chi connectivity index (χ3n) is 4.26. The van der Waals surface area contributed by atoms with Crippen LogP contribution in [0.4, 0.5) is 0 Å². The minimum atomic E-state index is -0.363. The molecule has 0 saturated carbocycles. The Kier molecular flexibility index (Phi) is 7.86. The van der Waals surface area contributed by atoms with Crippen LogP contribution < -0.4 is 10.1 Å². The molecule has 2 rings (SSSR count). The fourth-order valence-electron chi connectivity index (χ4n) is 2.58. The molecule has 0 bridgehead atoms. The summed E-state index contributed by atoms with van der Waals surface area (Å²) in [6, 6.07) is 15.1. The first kappa shape index (κ1) is 20.5. The summed E-state index contributed by atoms with van der Waals surface area (Å²) in [6.45, 7) is 5.20. The zero-order valence-electron chi connectivity index (χ0n) is 16.2. The average Bonchev–Trinajstić information content (AvgIpc) is 2.69. The van der Waals surface area contributed by atoms with Crippen LogP contribution in [-0.4, -0.2) is 32.1 Å². The summed E-state index contributed by atoms with van der Waals surface area (Å²) in [7, 11) is 1.35. The Morgan fingerprint density at radius 1 is 1.00 bits per heavy atom. The van der Waals surface area contributed by atoms with Crippen molar-refractivity contribution in [1.82, 2.24) is 5.32 Å². The van der Waals surface area contributed by atoms with Gasteiger partial charge in [0, 0.05) is 6.42 Å². The first-order valence-electron chi connectivity index (χ1n) is 9.16. The molecule has 1 N–H and O–H groups in total. The number of amides is 1. The number of aryl methyl sites for hydroxylation is 1. The zero-order valence-corrected chi connectivity index (χ0v) is 16.2. The summed E-state index contributed by atoms with van der Waals surface area (Å²) in [5, 5.41) is 2.85. The van der Waals surface area contributed by atoms with Crippen molar-refractivity contribution in [2.45, 2.75) is 32.6 Å². The number of carbonyl (C=O) groups excluding carboxylic acids is 2. The van der Waals surface area contributed by atoms with Gasteiger partial charge in [0.2, 0.25) is 5.91 Å². The Morgan fingerprint density at radius 3 is 2.26 bits per heavy atom. The van der Waals surface area contributed by atoms with Gasteiger partial charge in [-0.1, -0.05) is 38.1 Å². The quantitative estimate of drug-likeness (QED) is 0.540. The van der Waals surface area contributed by atoms with Gasteiger partial charge in [-0.3, -0.25) is 4.79 Å². The highest BCUT2D eigenvalue weighted by atomic mass is 16.5. The van der Waals surface area contributed by atoms with Gasteiger partial charge in [0.15, 0.2) is 0 Å². The van der Waals surface area contributed by atoms with Crippen LogP contribution in [0, 0.1) is 0 Å². The molecular weight excluding hydrogens is 342 g/mol. The fourth-order valence-corrected chi connectivity index (χ4v) is 2.58. The predicted molar refractivity (Wildman–Crippen MR) is 105 cm³/mol. The molecule has 5 nitrogen and oxygen atoms in total. The van der Waals surface area contributed by atoms with Gasteiger partial charge in [-0.25, -0.2) is 4.79 Å². The van der Waals surface area contributed by atoms with E-state index in [-0.39, 0.29) is 11.9 Å². The van der Waals surface area contributed by atoms with Crippen LogP contribution >= 0.6 is 0 Å². The van der Waals surface area contributed by atoms with Gasteiger partial charge < -0.3 is 14.8 Å². The maximum atomic E-state index is 11.9. The minimum Gasteiger partial charge on any atom is -0.492 e. The average molecular weight is 369 g/mol. The van der Waals surface area contributed by atoms with E-state index < -0.39 is 0 Å². The Labute approximate surface area is 160 Å². The zero-order chi connectivity index (χ0) is 19.6. The van der Waals surface area contributed by atoms with Crippen molar-refractivity contribution >= 4 is 11.9 Å². The number of hydrogen-bond donors (Lipinski definition) is 1. The first-order valence-corrected chi connectivity index (χ1v) is 9.16. The molecule has 0 aliphatic carbocycles. The SMILES string of the molecule is COC(=O)c1ccc(CCC(=O)NCCOc2ccc(C(C)C)cc2)cc1. The van der Waals surface area contributed by atoms with Crippen molar-refractivity contribution in [1.29, 1.82) is 0 Å². The summed E-state index contributed by atoms with van der Waals surface area (Å²) >= 11 is 0. The summed E-state index contributed by atoms with van der Waals surface area (Å²) < 4.78 is 10.3. The smallest absolute Gasteiger partial charge is 0.337 e. The Balaban J connectivity index is 1.65.